The molecule has 4 rings (SSSR count). The Balaban J connectivity index is 1.32. The van der Waals surface area contributed by atoms with E-state index in [1.54, 1.807) is 44.6 Å². The van der Waals surface area contributed by atoms with Crippen LogP contribution in [-0.2, 0) is 16.0 Å². The van der Waals surface area contributed by atoms with Gasteiger partial charge >= 0.3 is 0 Å². The first-order chi connectivity index (χ1) is 20.8. The third kappa shape index (κ3) is 8.94. The van der Waals surface area contributed by atoms with E-state index in [4.69, 9.17) is 14.2 Å². The van der Waals surface area contributed by atoms with Crippen molar-refractivity contribution in [2.45, 2.75) is 83.0 Å². The summed E-state index contributed by atoms with van der Waals surface area (Å²) in [6, 6.07) is 15.6. The number of ether oxygens (including phenoxy) is 3. The Morgan fingerprint density at radius 3 is 2.47 bits per heavy atom. The van der Waals surface area contributed by atoms with Crippen molar-refractivity contribution in [3.05, 3.63) is 59.2 Å². The Labute approximate surface area is 256 Å². The van der Waals surface area contributed by atoms with Crippen LogP contribution < -0.4 is 14.8 Å². The molecule has 1 aliphatic carbocycles. The molecule has 0 radical (unpaired) electrons. The van der Waals surface area contributed by atoms with Gasteiger partial charge in [0, 0.05) is 63.0 Å². The first-order valence-electron chi connectivity index (χ1n) is 15.5. The Morgan fingerprint density at radius 1 is 1.02 bits per heavy atom. The predicted octanol–water partition coefficient (Wildman–Crippen LogP) is 4.58. The maximum Gasteiger partial charge on any atom is 0.254 e. The lowest BCUT2D eigenvalue weighted by atomic mass is 9.95. The standard InChI is InChI=1S/C34H46N4O5/c1-24(2)38(34(40)27-9-14-31(42-4)32(21-27)43-18-6-17-41-3)30-11-10-28(36-23-30)15-16-37(29-12-13-29)33(39)20-25-7-5-8-26(19-25)22-35/h5,7-9,14,19,21,24,28-30,36H,6,10-13,15-18,20,23H2,1-4H3/t28-,30-/m1/s1. The van der Waals surface area contributed by atoms with Gasteiger partial charge < -0.3 is 29.3 Å². The molecule has 9 heteroatoms. The van der Waals surface area contributed by atoms with Gasteiger partial charge in [0.15, 0.2) is 11.5 Å². The lowest BCUT2D eigenvalue weighted by molar-refractivity contribution is -0.131. The van der Waals surface area contributed by atoms with Gasteiger partial charge in [-0.05, 0) is 81.8 Å². The third-order valence-corrected chi connectivity index (χ3v) is 8.27. The summed E-state index contributed by atoms with van der Waals surface area (Å²) in [5, 5.41) is 12.9. The zero-order valence-electron chi connectivity index (χ0n) is 26.0. The van der Waals surface area contributed by atoms with E-state index in [2.05, 4.69) is 25.2 Å². The molecule has 2 aromatic rings. The summed E-state index contributed by atoms with van der Waals surface area (Å²) >= 11 is 0. The minimum atomic E-state index is -0.0179. The number of nitriles is 1. The SMILES string of the molecule is COCCCOc1cc(C(=O)N(C(C)C)[C@@H]2CC[C@H](CCN(C(=O)Cc3cccc(C#N)c3)C3CC3)NC2)ccc1OC. The summed E-state index contributed by atoms with van der Waals surface area (Å²) in [5.74, 6) is 1.27. The molecule has 1 N–H and O–H groups in total. The van der Waals surface area contributed by atoms with Crippen molar-refractivity contribution in [2.24, 2.45) is 0 Å². The fourth-order valence-corrected chi connectivity index (χ4v) is 5.88. The van der Waals surface area contributed by atoms with E-state index in [1.807, 2.05) is 21.9 Å². The van der Waals surface area contributed by atoms with Crippen LogP contribution in [0.5, 0.6) is 11.5 Å². The molecule has 1 saturated carbocycles. The molecule has 2 aromatic carbocycles. The quantitative estimate of drug-likeness (QED) is 0.303. The largest absolute Gasteiger partial charge is 0.493 e. The number of rotatable bonds is 15. The number of methoxy groups -OCH3 is 2. The van der Waals surface area contributed by atoms with E-state index < -0.39 is 0 Å². The van der Waals surface area contributed by atoms with Crippen LogP contribution in [0.2, 0.25) is 0 Å². The van der Waals surface area contributed by atoms with Crippen LogP contribution >= 0.6 is 0 Å². The van der Waals surface area contributed by atoms with E-state index in [0.717, 1.165) is 50.6 Å². The minimum Gasteiger partial charge on any atom is -0.493 e. The average Bonchev–Trinajstić information content (AvgIpc) is 3.85. The molecule has 2 aliphatic rings. The fourth-order valence-electron chi connectivity index (χ4n) is 5.88. The zero-order chi connectivity index (χ0) is 30.8. The molecule has 1 heterocycles. The molecule has 0 unspecified atom stereocenters. The zero-order valence-corrected chi connectivity index (χ0v) is 26.0. The highest BCUT2D eigenvalue weighted by atomic mass is 16.5. The van der Waals surface area contributed by atoms with Gasteiger partial charge in [-0.1, -0.05) is 12.1 Å². The van der Waals surface area contributed by atoms with Crippen molar-refractivity contribution in [1.82, 2.24) is 15.1 Å². The molecule has 1 saturated heterocycles. The highest BCUT2D eigenvalue weighted by Gasteiger charge is 2.34. The van der Waals surface area contributed by atoms with Gasteiger partial charge in [-0.3, -0.25) is 9.59 Å². The maximum atomic E-state index is 13.8. The highest BCUT2D eigenvalue weighted by Crippen LogP contribution is 2.31. The van der Waals surface area contributed by atoms with Crippen LogP contribution in [-0.4, -0.2) is 86.3 Å². The van der Waals surface area contributed by atoms with Crippen molar-refractivity contribution in [3.8, 4) is 17.6 Å². The summed E-state index contributed by atoms with van der Waals surface area (Å²) in [7, 11) is 3.25. The first-order valence-corrected chi connectivity index (χ1v) is 15.5. The summed E-state index contributed by atoms with van der Waals surface area (Å²) in [6.45, 7) is 6.62. The van der Waals surface area contributed by atoms with E-state index in [-0.39, 0.29) is 23.9 Å². The number of amides is 2. The van der Waals surface area contributed by atoms with E-state index in [0.29, 0.717) is 60.9 Å². The Bertz CT molecular complexity index is 1260. The lowest BCUT2D eigenvalue weighted by Gasteiger charge is -2.40. The number of piperidine rings is 1. The van der Waals surface area contributed by atoms with Gasteiger partial charge in [-0.2, -0.15) is 5.26 Å². The molecular formula is C34H46N4O5. The van der Waals surface area contributed by atoms with E-state index >= 15 is 0 Å². The van der Waals surface area contributed by atoms with Crippen molar-refractivity contribution >= 4 is 11.8 Å². The van der Waals surface area contributed by atoms with Crippen molar-refractivity contribution in [3.63, 3.8) is 0 Å². The normalized spacial score (nSPS) is 18.1. The number of carbonyl (C=O) groups is 2. The number of benzene rings is 2. The smallest absolute Gasteiger partial charge is 0.254 e. The summed E-state index contributed by atoms with van der Waals surface area (Å²) < 4.78 is 16.5. The van der Waals surface area contributed by atoms with Crippen LogP contribution in [0.3, 0.4) is 0 Å². The molecule has 9 nitrogen and oxygen atoms in total. The molecule has 232 valence electrons. The predicted molar refractivity (Wildman–Crippen MR) is 165 cm³/mol. The van der Waals surface area contributed by atoms with Crippen molar-refractivity contribution < 1.29 is 23.8 Å². The van der Waals surface area contributed by atoms with Crippen LogP contribution in [0, 0.1) is 11.3 Å². The summed E-state index contributed by atoms with van der Waals surface area (Å²) in [6.07, 6.45) is 5.90. The molecular weight excluding hydrogens is 544 g/mol. The topological polar surface area (TPSA) is 104 Å². The van der Waals surface area contributed by atoms with Gasteiger partial charge in [-0.15, -0.1) is 0 Å². The Kier molecular flexibility index (Phi) is 11.8. The highest BCUT2D eigenvalue weighted by molar-refractivity contribution is 5.95. The van der Waals surface area contributed by atoms with Gasteiger partial charge in [0.25, 0.3) is 5.91 Å². The molecule has 0 aromatic heterocycles. The van der Waals surface area contributed by atoms with Crippen LogP contribution in [0.15, 0.2) is 42.5 Å². The number of nitrogens with one attached hydrogen (secondary N) is 1. The first kappa shape index (κ1) is 32.3. The van der Waals surface area contributed by atoms with E-state index in [9.17, 15) is 14.9 Å². The molecule has 0 spiro atoms. The second-order valence-corrected chi connectivity index (χ2v) is 11.8. The molecule has 2 atom stereocenters. The molecule has 2 fully saturated rings. The molecule has 0 bridgehead atoms. The van der Waals surface area contributed by atoms with Gasteiger partial charge in [0.05, 0.1) is 31.8 Å². The van der Waals surface area contributed by atoms with Crippen molar-refractivity contribution in [1.29, 1.82) is 5.26 Å². The van der Waals surface area contributed by atoms with Crippen LogP contribution in [0.4, 0.5) is 0 Å². The molecule has 2 amide bonds. The average molecular weight is 591 g/mol. The monoisotopic (exact) mass is 590 g/mol. The van der Waals surface area contributed by atoms with Crippen molar-refractivity contribution in [2.75, 3.05) is 40.5 Å². The summed E-state index contributed by atoms with van der Waals surface area (Å²) in [4.78, 5) is 31.0. The number of hydrogen-bond acceptors (Lipinski definition) is 7. The number of nitrogens with zero attached hydrogens (tertiary/aromatic N) is 3. The van der Waals surface area contributed by atoms with Gasteiger partial charge in [0.2, 0.25) is 5.91 Å². The second kappa shape index (κ2) is 15.7. The maximum absolute atomic E-state index is 13.8. The second-order valence-electron chi connectivity index (χ2n) is 11.8. The van der Waals surface area contributed by atoms with E-state index in [1.165, 1.54) is 0 Å². The third-order valence-electron chi connectivity index (χ3n) is 8.27. The molecule has 43 heavy (non-hydrogen) atoms. The fraction of sp³-hybridized carbons (Fsp3) is 0.559. The molecule has 1 aliphatic heterocycles. The van der Waals surface area contributed by atoms with Gasteiger partial charge in [0.1, 0.15) is 0 Å². The minimum absolute atomic E-state index is 0.0179. The lowest BCUT2D eigenvalue weighted by Crippen LogP contribution is -2.54. The number of hydrogen-bond donors (Lipinski definition) is 1. The van der Waals surface area contributed by atoms with Crippen LogP contribution in [0.1, 0.15) is 73.9 Å². The van der Waals surface area contributed by atoms with Gasteiger partial charge in [-0.25, -0.2) is 0 Å². The Morgan fingerprint density at radius 2 is 1.81 bits per heavy atom. The van der Waals surface area contributed by atoms with Crippen LogP contribution in [0.25, 0.3) is 0 Å². The summed E-state index contributed by atoms with van der Waals surface area (Å²) in [5.41, 5.74) is 2.04. The Hall–Kier alpha value is -3.61. The number of carbonyl (C=O) groups excluding carboxylic acids is 2.